The Bertz CT molecular complexity index is 802. The molecule has 0 N–H and O–H groups in total. The van der Waals surface area contributed by atoms with Crippen LogP contribution in [0.15, 0.2) is 4.90 Å². The summed E-state index contributed by atoms with van der Waals surface area (Å²) < 4.78 is 101. The molecule has 0 heterocycles. The second-order valence-electron chi connectivity index (χ2n) is 8.68. The maximum Gasteiger partial charge on any atom is 0.312 e. The summed E-state index contributed by atoms with van der Waals surface area (Å²) >= 11 is 0. The summed E-state index contributed by atoms with van der Waals surface area (Å²) in [6.45, 7) is 6.12. The maximum atomic E-state index is 14.4. The summed E-state index contributed by atoms with van der Waals surface area (Å²) in [4.78, 5) is -1.89. The molecule has 0 atom stereocenters. The highest BCUT2D eigenvalue weighted by Gasteiger charge is 2.39. The monoisotopic (exact) mass is 534 g/mol. The Morgan fingerprint density at radius 1 is 0.529 bits per heavy atom. The first-order valence-electron chi connectivity index (χ1n) is 12.3. The van der Waals surface area contributed by atoms with Gasteiger partial charge in [0.15, 0.2) is 28.2 Å². The Hall–Kier alpha value is -0.870. The van der Waals surface area contributed by atoms with Crippen LogP contribution >= 0.6 is 10.3 Å². The number of halogens is 5. The third kappa shape index (κ3) is 8.97. The van der Waals surface area contributed by atoms with Gasteiger partial charge in [0.1, 0.15) is 0 Å². The molecule has 0 saturated carbocycles. The van der Waals surface area contributed by atoms with E-state index < -0.39 is 54.4 Å². The van der Waals surface area contributed by atoms with Crippen LogP contribution in [0.5, 0.6) is 0 Å². The Balaban J connectivity index is 3.38. The molecule has 0 radical (unpaired) electrons. The SMILES string of the molecule is CCCCCCS(CCCCCC)(CCCCCC)OS(=O)(=O)c1c(F)c(F)c(F)c(F)c1F. The van der Waals surface area contributed by atoms with E-state index in [1.165, 1.54) is 0 Å². The van der Waals surface area contributed by atoms with E-state index >= 15 is 0 Å². The lowest BCUT2D eigenvalue weighted by Crippen LogP contribution is -2.23. The molecular weight excluding hydrogens is 495 g/mol. The zero-order valence-corrected chi connectivity index (χ0v) is 22.2. The van der Waals surface area contributed by atoms with Crippen molar-refractivity contribution in [2.75, 3.05) is 17.3 Å². The molecule has 0 saturated heterocycles. The lowest BCUT2D eigenvalue weighted by Gasteiger charge is -2.39. The molecule has 0 unspecified atom stereocenters. The molecular formula is C24H39F5O3S2. The van der Waals surface area contributed by atoms with E-state index in [0.29, 0.717) is 36.5 Å². The van der Waals surface area contributed by atoms with E-state index in [2.05, 4.69) is 0 Å². The zero-order valence-electron chi connectivity index (χ0n) is 20.5. The number of unbranched alkanes of at least 4 members (excludes halogenated alkanes) is 9. The molecule has 1 aromatic carbocycles. The number of hydrogen-bond donors (Lipinski definition) is 0. The van der Waals surface area contributed by atoms with Crippen LogP contribution in [0.25, 0.3) is 0 Å². The Morgan fingerprint density at radius 2 is 0.853 bits per heavy atom. The number of rotatable bonds is 18. The summed E-state index contributed by atoms with van der Waals surface area (Å²) in [6, 6.07) is 0. The van der Waals surface area contributed by atoms with E-state index in [1.54, 1.807) is 0 Å². The quantitative estimate of drug-likeness (QED) is 0.0820. The van der Waals surface area contributed by atoms with Crippen molar-refractivity contribution >= 4 is 20.4 Å². The van der Waals surface area contributed by atoms with Gasteiger partial charge in [-0.25, -0.2) is 25.6 Å². The van der Waals surface area contributed by atoms with E-state index in [9.17, 15) is 30.4 Å². The minimum atomic E-state index is -5.23. The summed E-state index contributed by atoms with van der Waals surface area (Å²) in [7, 11) is -7.60. The van der Waals surface area contributed by atoms with Crippen LogP contribution < -0.4 is 0 Å². The van der Waals surface area contributed by atoms with Crippen molar-refractivity contribution in [1.29, 1.82) is 0 Å². The Labute approximate surface area is 203 Å². The van der Waals surface area contributed by atoms with Crippen LogP contribution in [-0.4, -0.2) is 25.7 Å². The maximum absolute atomic E-state index is 14.4. The fraction of sp³-hybridized carbons (Fsp3) is 0.750. The van der Waals surface area contributed by atoms with Crippen molar-refractivity contribution in [3.63, 3.8) is 0 Å². The summed E-state index contributed by atoms with van der Waals surface area (Å²) in [5, 5.41) is 0. The average molecular weight is 535 g/mol. The van der Waals surface area contributed by atoms with E-state index in [-0.39, 0.29) is 0 Å². The van der Waals surface area contributed by atoms with Crippen LogP contribution in [-0.2, 0) is 13.7 Å². The molecule has 0 aromatic heterocycles. The highest BCUT2D eigenvalue weighted by Crippen LogP contribution is 2.54. The standard InChI is InChI=1S/C24H39F5O3S2/c1-4-7-10-13-16-33(17-14-11-8-5-2,18-15-12-9-6-3)32-34(30,31)24-22(28)20(26)19(25)21(27)23(24)29/h4-18H2,1-3H3. The first-order valence-corrected chi connectivity index (χ1v) is 15.8. The molecule has 0 bridgehead atoms. The van der Waals surface area contributed by atoms with Crippen molar-refractivity contribution in [3.05, 3.63) is 29.1 Å². The molecule has 3 nitrogen and oxygen atoms in total. The van der Waals surface area contributed by atoms with Gasteiger partial charge in [-0.15, -0.1) is 10.3 Å². The number of benzene rings is 1. The van der Waals surface area contributed by atoms with Crippen molar-refractivity contribution in [1.82, 2.24) is 0 Å². The molecule has 1 rings (SSSR count). The molecule has 0 fully saturated rings. The zero-order chi connectivity index (χ0) is 25.8. The van der Waals surface area contributed by atoms with E-state index in [4.69, 9.17) is 3.63 Å². The molecule has 34 heavy (non-hydrogen) atoms. The van der Waals surface area contributed by atoms with Crippen LogP contribution in [0.2, 0.25) is 0 Å². The minimum Gasteiger partial charge on any atom is -0.216 e. The summed E-state index contributed by atoms with van der Waals surface area (Å²) in [5.74, 6) is -10.5. The predicted octanol–water partition coefficient (Wildman–Crippen LogP) is 8.55. The smallest absolute Gasteiger partial charge is 0.216 e. The number of hydrogen-bond acceptors (Lipinski definition) is 3. The van der Waals surface area contributed by atoms with E-state index in [1.807, 2.05) is 20.8 Å². The Kier molecular flexibility index (Phi) is 14.0. The molecule has 0 amide bonds. The van der Waals surface area contributed by atoms with Gasteiger partial charge in [-0.3, -0.25) is 0 Å². The third-order valence-electron chi connectivity index (χ3n) is 5.76. The fourth-order valence-corrected chi connectivity index (χ4v) is 9.84. The van der Waals surface area contributed by atoms with Gasteiger partial charge in [0, 0.05) is 17.3 Å². The van der Waals surface area contributed by atoms with Crippen LogP contribution in [0.3, 0.4) is 0 Å². The van der Waals surface area contributed by atoms with Gasteiger partial charge in [-0.1, -0.05) is 78.6 Å². The fourth-order valence-electron chi connectivity index (χ4n) is 3.81. The third-order valence-corrected chi connectivity index (χ3v) is 11.6. The van der Waals surface area contributed by atoms with Crippen molar-refractivity contribution < 1.29 is 34.0 Å². The molecule has 0 aliphatic heterocycles. The summed E-state index contributed by atoms with van der Waals surface area (Å²) in [5.41, 5.74) is 0. The van der Waals surface area contributed by atoms with Crippen molar-refractivity contribution in [3.8, 4) is 0 Å². The van der Waals surface area contributed by atoms with Gasteiger partial charge in [-0.05, 0) is 19.3 Å². The van der Waals surface area contributed by atoms with E-state index in [0.717, 1.165) is 57.8 Å². The molecule has 0 spiro atoms. The Morgan fingerprint density at radius 3 is 1.18 bits per heavy atom. The van der Waals surface area contributed by atoms with Gasteiger partial charge in [-0.2, -0.15) is 8.42 Å². The van der Waals surface area contributed by atoms with Crippen LogP contribution in [0.1, 0.15) is 97.8 Å². The second kappa shape index (κ2) is 15.3. The first kappa shape index (κ1) is 31.2. The lowest BCUT2D eigenvalue weighted by atomic mass is 10.2. The minimum absolute atomic E-state index is 0.417. The van der Waals surface area contributed by atoms with Crippen molar-refractivity contribution in [2.45, 2.75) is 103 Å². The molecule has 1 aromatic rings. The van der Waals surface area contributed by atoms with Gasteiger partial charge in [0.2, 0.25) is 5.82 Å². The summed E-state index contributed by atoms with van der Waals surface area (Å²) in [6.07, 6.45) is 10.3. The van der Waals surface area contributed by atoms with Gasteiger partial charge < -0.3 is 0 Å². The molecule has 200 valence electrons. The lowest BCUT2D eigenvalue weighted by molar-refractivity contribution is 0.353. The second-order valence-corrected chi connectivity index (χ2v) is 13.7. The largest absolute Gasteiger partial charge is 0.312 e. The topological polar surface area (TPSA) is 43.4 Å². The highest BCUT2D eigenvalue weighted by atomic mass is 32.3. The van der Waals surface area contributed by atoms with Crippen molar-refractivity contribution in [2.24, 2.45) is 0 Å². The van der Waals surface area contributed by atoms with Crippen LogP contribution in [0.4, 0.5) is 22.0 Å². The average Bonchev–Trinajstić information content (AvgIpc) is 2.79. The predicted molar refractivity (Wildman–Crippen MR) is 129 cm³/mol. The van der Waals surface area contributed by atoms with Crippen LogP contribution in [0, 0.1) is 29.1 Å². The normalized spacial score (nSPS) is 12.9. The first-order chi connectivity index (χ1) is 16.1. The van der Waals surface area contributed by atoms with Gasteiger partial charge >= 0.3 is 10.1 Å². The molecule has 0 aliphatic rings. The van der Waals surface area contributed by atoms with Gasteiger partial charge in [0.05, 0.1) is 0 Å². The molecule has 0 aliphatic carbocycles. The molecule has 10 heteroatoms. The van der Waals surface area contributed by atoms with Gasteiger partial charge in [0.25, 0.3) is 0 Å². The highest BCUT2D eigenvalue weighted by molar-refractivity contribution is 8.33.